The monoisotopic (exact) mass is 481 g/mol. The predicted molar refractivity (Wildman–Crippen MR) is 134 cm³/mol. The summed E-state index contributed by atoms with van der Waals surface area (Å²) in [6.45, 7) is 4.93. The molecule has 1 unspecified atom stereocenters. The van der Waals surface area contributed by atoms with Crippen molar-refractivity contribution in [3.8, 4) is 0 Å². The molecule has 0 N–H and O–H groups in total. The number of methoxy groups -OCH3 is 1. The van der Waals surface area contributed by atoms with Crippen molar-refractivity contribution < 1.29 is 14.3 Å². The predicted octanol–water partition coefficient (Wildman–Crippen LogP) is 4.91. The molecule has 2 aliphatic rings. The lowest BCUT2D eigenvalue weighted by Gasteiger charge is -2.32. The molecule has 1 fully saturated rings. The van der Waals surface area contributed by atoms with Gasteiger partial charge in [-0.1, -0.05) is 42.3 Å². The quantitative estimate of drug-likeness (QED) is 0.538. The minimum atomic E-state index is -0.246. The highest BCUT2D eigenvalue weighted by Crippen LogP contribution is 2.34. The van der Waals surface area contributed by atoms with E-state index in [0.29, 0.717) is 24.6 Å². The highest BCUT2D eigenvalue weighted by molar-refractivity contribution is 6.30. The smallest absolute Gasteiger partial charge is 0.262 e. The third-order valence-corrected chi connectivity index (χ3v) is 7.17. The van der Waals surface area contributed by atoms with Gasteiger partial charge in [0.2, 0.25) is 5.91 Å². The van der Waals surface area contributed by atoms with Gasteiger partial charge >= 0.3 is 0 Å². The van der Waals surface area contributed by atoms with E-state index in [-0.39, 0.29) is 30.3 Å². The van der Waals surface area contributed by atoms with Crippen molar-refractivity contribution in [3.63, 3.8) is 0 Å². The number of amides is 2. The van der Waals surface area contributed by atoms with Crippen LogP contribution in [0.1, 0.15) is 54.0 Å². The fraction of sp³-hybridized carbons (Fsp3) is 0.444. The van der Waals surface area contributed by atoms with Crippen LogP contribution in [0.5, 0.6) is 0 Å². The third kappa shape index (κ3) is 5.34. The first-order valence-corrected chi connectivity index (χ1v) is 12.3. The van der Waals surface area contributed by atoms with Crippen molar-refractivity contribution in [2.24, 2.45) is 11.0 Å². The first kappa shape index (κ1) is 24.4. The van der Waals surface area contributed by atoms with E-state index in [1.54, 1.807) is 17.0 Å². The van der Waals surface area contributed by atoms with Gasteiger partial charge in [0, 0.05) is 31.0 Å². The molecule has 2 amide bonds. The summed E-state index contributed by atoms with van der Waals surface area (Å²) in [7, 11) is 1.60. The molecule has 1 heterocycles. The van der Waals surface area contributed by atoms with Gasteiger partial charge in [0.25, 0.3) is 5.91 Å². The molecule has 2 aromatic carbocycles. The average molecular weight is 482 g/mol. The van der Waals surface area contributed by atoms with E-state index in [2.05, 4.69) is 32.0 Å². The molecule has 0 radical (unpaired) electrons. The number of hydrogen-bond donors (Lipinski definition) is 0. The van der Waals surface area contributed by atoms with Crippen LogP contribution < -0.4 is 0 Å². The van der Waals surface area contributed by atoms with E-state index in [1.807, 2.05) is 24.3 Å². The summed E-state index contributed by atoms with van der Waals surface area (Å²) in [4.78, 5) is 28.2. The van der Waals surface area contributed by atoms with Crippen LogP contribution in [-0.2, 0) is 14.3 Å². The number of carbonyl (C=O) groups excluding carboxylic acids is 2. The van der Waals surface area contributed by atoms with E-state index >= 15 is 0 Å². The van der Waals surface area contributed by atoms with Crippen molar-refractivity contribution in [3.05, 3.63) is 69.7 Å². The molecular formula is C27H32ClN3O3. The molecule has 1 aliphatic carbocycles. The Hall–Kier alpha value is -2.70. The Bertz CT molecular complexity index is 1080. The summed E-state index contributed by atoms with van der Waals surface area (Å²) in [5.41, 5.74) is 5.25. The second-order valence-corrected chi connectivity index (χ2v) is 9.67. The molecule has 0 spiro atoms. The fourth-order valence-electron chi connectivity index (χ4n) is 4.40. The molecule has 1 saturated carbocycles. The molecule has 0 saturated heterocycles. The molecule has 6 nitrogen and oxygen atoms in total. The highest BCUT2D eigenvalue weighted by atomic mass is 35.5. The minimum Gasteiger partial charge on any atom is -0.383 e. The maximum atomic E-state index is 13.6. The molecule has 4 rings (SSSR count). The van der Waals surface area contributed by atoms with Gasteiger partial charge in [0.15, 0.2) is 0 Å². The lowest BCUT2D eigenvalue weighted by molar-refractivity contribution is -0.146. The first-order valence-electron chi connectivity index (χ1n) is 11.9. The summed E-state index contributed by atoms with van der Waals surface area (Å²) in [5, 5.41) is 6.98. The van der Waals surface area contributed by atoms with Crippen LogP contribution in [0.2, 0.25) is 5.02 Å². The molecular weight excluding hydrogens is 450 g/mol. The Morgan fingerprint density at radius 3 is 2.47 bits per heavy atom. The largest absolute Gasteiger partial charge is 0.383 e. The van der Waals surface area contributed by atoms with E-state index in [4.69, 9.17) is 21.4 Å². The molecule has 34 heavy (non-hydrogen) atoms. The highest BCUT2D eigenvalue weighted by Gasteiger charge is 2.36. The van der Waals surface area contributed by atoms with Crippen LogP contribution >= 0.6 is 11.6 Å². The lowest BCUT2D eigenvalue weighted by atomic mass is 9.84. The number of carbonyl (C=O) groups is 2. The van der Waals surface area contributed by atoms with Gasteiger partial charge in [-0.25, -0.2) is 5.01 Å². The van der Waals surface area contributed by atoms with E-state index in [9.17, 15) is 9.59 Å². The summed E-state index contributed by atoms with van der Waals surface area (Å²) in [6.07, 6.45) is 3.45. The zero-order valence-corrected chi connectivity index (χ0v) is 20.8. The van der Waals surface area contributed by atoms with Crippen molar-refractivity contribution in [2.75, 3.05) is 26.8 Å². The van der Waals surface area contributed by atoms with Gasteiger partial charge in [0.05, 0.1) is 18.4 Å². The Kier molecular flexibility index (Phi) is 7.69. The van der Waals surface area contributed by atoms with E-state index in [1.165, 1.54) is 11.1 Å². The number of hydrazone groups is 1. The topological polar surface area (TPSA) is 62.2 Å². The SMILES string of the molecule is COCCN(CC(=O)N1N=C(c2ccc(C)c(C)c2)CC1c1ccc(Cl)cc1)C(=O)C1CCC1. The summed E-state index contributed by atoms with van der Waals surface area (Å²) < 4.78 is 5.20. The van der Waals surface area contributed by atoms with Crippen LogP contribution in [0.15, 0.2) is 47.6 Å². The van der Waals surface area contributed by atoms with E-state index < -0.39 is 0 Å². The number of halogens is 1. The van der Waals surface area contributed by atoms with Crippen LogP contribution in [0.3, 0.4) is 0 Å². The number of benzene rings is 2. The second-order valence-electron chi connectivity index (χ2n) is 9.24. The zero-order chi connectivity index (χ0) is 24.2. The summed E-state index contributed by atoms with van der Waals surface area (Å²) in [5.74, 6) is -0.135. The molecule has 1 atom stereocenters. The maximum Gasteiger partial charge on any atom is 0.262 e. The van der Waals surface area contributed by atoms with Crippen molar-refractivity contribution in [2.45, 2.75) is 45.6 Å². The van der Waals surface area contributed by atoms with Crippen molar-refractivity contribution in [1.29, 1.82) is 0 Å². The Morgan fingerprint density at radius 1 is 1.12 bits per heavy atom. The Morgan fingerprint density at radius 2 is 1.85 bits per heavy atom. The molecule has 1 aliphatic heterocycles. The third-order valence-electron chi connectivity index (χ3n) is 6.92. The average Bonchev–Trinajstić information content (AvgIpc) is 3.23. The van der Waals surface area contributed by atoms with Crippen LogP contribution in [0.4, 0.5) is 0 Å². The Labute approximate surface area is 206 Å². The standard InChI is InChI=1S/C27H32ClN3O3/c1-18-7-8-22(15-19(18)2)24-16-25(20-9-11-23(28)12-10-20)31(29-24)26(32)17-30(13-14-34-3)27(33)21-5-4-6-21/h7-12,15,21,25H,4-6,13-14,16-17H2,1-3H3. The van der Waals surface area contributed by atoms with Crippen LogP contribution in [0, 0.1) is 19.8 Å². The summed E-state index contributed by atoms with van der Waals surface area (Å²) in [6, 6.07) is 13.5. The van der Waals surface area contributed by atoms with Gasteiger partial charge < -0.3 is 9.64 Å². The molecule has 0 aromatic heterocycles. The first-order chi connectivity index (χ1) is 16.4. The van der Waals surface area contributed by atoms with Gasteiger partial charge in [-0.2, -0.15) is 5.10 Å². The number of aryl methyl sites for hydroxylation is 2. The normalized spacial score (nSPS) is 17.9. The van der Waals surface area contributed by atoms with E-state index in [0.717, 1.165) is 36.1 Å². The summed E-state index contributed by atoms with van der Waals surface area (Å²) >= 11 is 6.11. The van der Waals surface area contributed by atoms with Crippen LogP contribution in [0.25, 0.3) is 0 Å². The van der Waals surface area contributed by atoms with Crippen LogP contribution in [-0.4, -0.2) is 54.2 Å². The molecule has 2 aromatic rings. The lowest BCUT2D eigenvalue weighted by Crippen LogP contribution is -2.46. The maximum absolute atomic E-state index is 13.6. The van der Waals surface area contributed by atoms with Gasteiger partial charge in [0.1, 0.15) is 6.54 Å². The fourth-order valence-corrected chi connectivity index (χ4v) is 4.52. The number of nitrogens with zero attached hydrogens (tertiary/aromatic N) is 3. The van der Waals surface area contributed by atoms with Crippen molar-refractivity contribution >= 4 is 29.1 Å². The van der Waals surface area contributed by atoms with Crippen molar-refractivity contribution in [1.82, 2.24) is 9.91 Å². The van der Waals surface area contributed by atoms with Gasteiger partial charge in [-0.15, -0.1) is 0 Å². The minimum absolute atomic E-state index is 0.00745. The number of rotatable bonds is 8. The van der Waals surface area contributed by atoms with Gasteiger partial charge in [-0.3, -0.25) is 9.59 Å². The zero-order valence-electron chi connectivity index (χ0n) is 20.1. The van der Waals surface area contributed by atoms with Gasteiger partial charge in [-0.05, 0) is 67.1 Å². The molecule has 180 valence electrons. The number of hydrogen-bond acceptors (Lipinski definition) is 4. The number of ether oxygens (including phenoxy) is 1. The Balaban J connectivity index is 1.61. The second kappa shape index (κ2) is 10.7. The molecule has 7 heteroatoms. The molecule has 0 bridgehead atoms.